The minimum Gasteiger partial charge on any atom is -0.497 e. The predicted octanol–water partition coefficient (Wildman–Crippen LogP) is 3.21. The van der Waals surface area contributed by atoms with Crippen molar-refractivity contribution in [2.24, 2.45) is 0 Å². The summed E-state index contributed by atoms with van der Waals surface area (Å²) in [6.07, 6.45) is 1.80. The lowest BCUT2D eigenvalue weighted by atomic mass is 10.0. The number of ether oxygens (including phenoxy) is 3. The summed E-state index contributed by atoms with van der Waals surface area (Å²) >= 11 is 0. The Morgan fingerprint density at radius 2 is 1.61 bits per heavy atom. The normalized spacial score (nSPS) is 14.4. The molecule has 0 saturated heterocycles. The van der Waals surface area contributed by atoms with Gasteiger partial charge in [-0.3, -0.25) is 4.79 Å². The zero-order valence-corrected chi connectivity index (χ0v) is 13.2. The largest absolute Gasteiger partial charge is 0.497 e. The van der Waals surface area contributed by atoms with Gasteiger partial charge in [0.1, 0.15) is 17.2 Å². The lowest BCUT2D eigenvalue weighted by Crippen LogP contribution is -2.03. The van der Waals surface area contributed by atoms with E-state index in [4.69, 9.17) is 14.2 Å². The first-order valence-corrected chi connectivity index (χ1v) is 7.09. The third-order valence-electron chi connectivity index (χ3n) is 3.75. The van der Waals surface area contributed by atoms with Gasteiger partial charge >= 0.3 is 0 Å². The van der Waals surface area contributed by atoms with Crippen LogP contribution in [0.25, 0.3) is 11.6 Å². The van der Waals surface area contributed by atoms with Gasteiger partial charge in [0.05, 0.1) is 27.0 Å². The predicted molar refractivity (Wildman–Crippen MR) is 89.0 cm³/mol. The molecule has 23 heavy (non-hydrogen) atoms. The van der Waals surface area contributed by atoms with E-state index in [1.807, 2.05) is 30.3 Å². The minimum atomic E-state index is -0.155. The van der Waals surface area contributed by atoms with Gasteiger partial charge in [0, 0.05) is 22.8 Å². The highest BCUT2D eigenvalue weighted by atomic mass is 16.5. The average molecular weight is 311 g/mol. The first-order chi connectivity index (χ1) is 11.2. The van der Waals surface area contributed by atoms with Gasteiger partial charge in [-0.2, -0.15) is 0 Å². The number of anilines is 1. The zero-order valence-electron chi connectivity index (χ0n) is 13.2. The molecule has 1 aliphatic rings. The van der Waals surface area contributed by atoms with Crippen LogP contribution in [0.15, 0.2) is 36.4 Å². The molecule has 1 heterocycles. The lowest BCUT2D eigenvalue weighted by molar-refractivity contribution is -0.110. The maximum Gasteiger partial charge on any atom is 0.256 e. The maximum atomic E-state index is 12.3. The molecule has 0 atom stereocenters. The van der Waals surface area contributed by atoms with Gasteiger partial charge in [-0.25, -0.2) is 0 Å². The fourth-order valence-corrected chi connectivity index (χ4v) is 2.55. The second-order valence-corrected chi connectivity index (χ2v) is 5.03. The highest BCUT2D eigenvalue weighted by molar-refractivity contribution is 6.35. The highest BCUT2D eigenvalue weighted by Gasteiger charge is 2.25. The van der Waals surface area contributed by atoms with Crippen molar-refractivity contribution in [3.8, 4) is 17.2 Å². The second-order valence-electron chi connectivity index (χ2n) is 5.03. The molecule has 0 bridgehead atoms. The van der Waals surface area contributed by atoms with E-state index in [1.54, 1.807) is 33.5 Å². The summed E-state index contributed by atoms with van der Waals surface area (Å²) in [4.78, 5) is 12.3. The summed E-state index contributed by atoms with van der Waals surface area (Å²) < 4.78 is 15.8. The van der Waals surface area contributed by atoms with Gasteiger partial charge in [0.25, 0.3) is 5.91 Å². The maximum absolute atomic E-state index is 12.3. The molecule has 0 unspecified atom stereocenters. The Hall–Kier alpha value is -2.95. The number of carbonyl (C=O) groups is 1. The van der Waals surface area contributed by atoms with Gasteiger partial charge in [-0.05, 0) is 36.4 Å². The summed E-state index contributed by atoms with van der Waals surface area (Å²) in [5.41, 5.74) is 2.93. The summed E-state index contributed by atoms with van der Waals surface area (Å²) in [7, 11) is 4.79. The third-order valence-corrected chi connectivity index (χ3v) is 3.75. The molecule has 1 aliphatic heterocycles. The monoisotopic (exact) mass is 311 g/mol. The molecular weight excluding hydrogens is 294 g/mol. The van der Waals surface area contributed by atoms with E-state index in [0.717, 1.165) is 16.8 Å². The molecular formula is C18H17NO4. The van der Waals surface area contributed by atoms with Crippen LogP contribution in [0.1, 0.15) is 11.1 Å². The van der Waals surface area contributed by atoms with Crippen molar-refractivity contribution >= 4 is 23.2 Å². The highest BCUT2D eigenvalue weighted by Crippen LogP contribution is 2.37. The van der Waals surface area contributed by atoms with Crippen LogP contribution in [0.2, 0.25) is 0 Å². The molecule has 3 rings (SSSR count). The fourth-order valence-electron chi connectivity index (χ4n) is 2.55. The van der Waals surface area contributed by atoms with E-state index in [1.165, 1.54) is 0 Å². The van der Waals surface area contributed by atoms with Crippen molar-refractivity contribution in [2.45, 2.75) is 0 Å². The second kappa shape index (κ2) is 6.04. The average Bonchev–Trinajstić information content (AvgIpc) is 2.89. The quantitative estimate of drug-likeness (QED) is 0.881. The van der Waals surface area contributed by atoms with E-state index < -0.39 is 0 Å². The van der Waals surface area contributed by atoms with Crippen LogP contribution >= 0.6 is 0 Å². The van der Waals surface area contributed by atoms with Crippen LogP contribution in [-0.2, 0) is 4.79 Å². The van der Waals surface area contributed by atoms with Gasteiger partial charge in [-0.15, -0.1) is 0 Å². The Labute approximate surface area is 134 Å². The summed E-state index contributed by atoms with van der Waals surface area (Å²) in [5.74, 6) is 1.92. The SMILES string of the molecule is COc1ccc(OC)c(C=C2C(=O)Nc3cc(OC)ccc32)c1. The number of fused-ring (bicyclic) bond motifs is 1. The lowest BCUT2D eigenvalue weighted by Gasteiger charge is -2.08. The van der Waals surface area contributed by atoms with E-state index in [0.29, 0.717) is 22.8 Å². The molecule has 1 N–H and O–H groups in total. The van der Waals surface area contributed by atoms with E-state index in [2.05, 4.69) is 5.32 Å². The first kappa shape index (κ1) is 15.0. The molecule has 2 aromatic rings. The Balaban J connectivity index is 2.09. The Morgan fingerprint density at radius 3 is 2.30 bits per heavy atom. The van der Waals surface area contributed by atoms with Gasteiger partial charge in [-0.1, -0.05) is 0 Å². The van der Waals surface area contributed by atoms with Crippen LogP contribution in [-0.4, -0.2) is 27.2 Å². The molecule has 0 spiro atoms. The molecule has 5 nitrogen and oxygen atoms in total. The Morgan fingerprint density at radius 1 is 0.913 bits per heavy atom. The first-order valence-electron chi connectivity index (χ1n) is 7.09. The topological polar surface area (TPSA) is 56.8 Å². The molecule has 0 aromatic heterocycles. The summed E-state index contributed by atoms with van der Waals surface area (Å²) in [6, 6.07) is 11.0. The molecule has 118 valence electrons. The van der Waals surface area contributed by atoms with Crippen molar-refractivity contribution in [2.75, 3.05) is 26.6 Å². The zero-order chi connectivity index (χ0) is 16.4. The number of carbonyl (C=O) groups excluding carboxylic acids is 1. The van der Waals surface area contributed by atoms with Crippen molar-refractivity contribution in [3.63, 3.8) is 0 Å². The number of hydrogen-bond acceptors (Lipinski definition) is 4. The summed E-state index contributed by atoms with van der Waals surface area (Å²) in [5, 5.41) is 2.85. The van der Waals surface area contributed by atoms with Crippen molar-refractivity contribution < 1.29 is 19.0 Å². The molecule has 2 aromatic carbocycles. The van der Waals surface area contributed by atoms with Crippen LogP contribution in [0.5, 0.6) is 17.2 Å². The van der Waals surface area contributed by atoms with Crippen LogP contribution < -0.4 is 19.5 Å². The molecule has 0 saturated carbocycles. The van der Waals surface area contributed by atoms with Gasteiger partial charge in [0.15, 0.2) is 0 Å². The Kier molecular flexibility index (Phi) is 3.93. The van der Waals surface area contributed by atoms with Crippen molar-refractivity contribution in [1.29, 1.82) is 0 Å². The van der Waals surface area contributed by atoms with Gasteiger partial charge < -0.3 is 19.5 Å². The smallest absolute Gasteiger partial charge is 0.256 e. The van der Waals surface area contributed by atoms with E-state index in [9.17, 15) is 4.79 Å². The number of rotatable bonds is 4. The molecule has 1 amide bonds. The number of nitrogens with one attached hydrogen (secondary N) is 1. The molecule has 5 heteroatoms. The van der Waals surface area contributed by atoms with E-state index >= 15 is 0 Å². The van der Waals surface area contributed by atoms with E-state index in [-0.39, 0.29) is 5.91 Å². The van der Waals surface area contributed by atoms with Crippen molar-refractivity contribution in [3.05, 3.63) is 47.5 Å². The van der Waals surface area contributed by atoms with Crippen LogP contribution in [0, 0.1) is 0 Å². The number of amides is 1. The van der Waals surface area contributed by atoms with Crippen molar-refractivity contribution in [1.82, 2.24) is 0 Å². The molecule has 0 aliphatic carbocycles. The standard InChI is InChI=1S/C18H17NO4/c1-21-12-5-7-17(23-3)11(8-12)9-15-14-6-4-13(22-2)10-16(14)19-18(15)20/h4-10H,1-3H3,(H,19,20). The summed E-state index contributed by atoms with van der Waals surface area (Å²) in [6.45, 7) is 0. The van der Waals surface area contributed by atoms with Crippen LogP contribution in [0.4, 0.5) is 5.69 Å². The fraction of sp³-hybridized carbons (Fsp3) is 0.167. The van der Waals surface area contributed by atoms with Crippen LogP contribution in [0.3, 0.4) is 0 Å². The number of benzene rings is 2. The number of hydrogen-bond donors (Lipinski definition) is 1. The third kappa shape index (κ3) is 2.73. The molecule has 0 fully saturated rings. The number of methoxy groups -OCH3 is 3. The Bertz CT molecular complexity index is 796. The molecule has 0 radical (unpaired) electrons. The van der Waals surface area contributed by atoms with Gasteiger partial charge in [0.2, 0.25) is 0 Å². The minimum absolute atomic E-state index is 0.155.